The third kappa shape index (κ3) is 2.62. The molecule has 2 rings (SSSR count). The lowest BCUT2D eigenvalue weighted by Crippen LogP contribution is -1.99. The fourth-order valence-corrected chi connectivity index (χ4v) is 1.85. The number of ether oxygens (including phenoxy) is 1. The molecule has 1 heterocycles. The van der Waals surface area contributed by atoms with Crippen LogP contribution in [0.5, 0.6) is 5.75 Å². The summed E-state index contributed by atoms with van der Waals surface area (Å²) in [5.74, 6) is -0.254. The number of carbonyl (C=O) groups is 1. The van der Waals surface area contributed by atoms with Gasteiger partial charge in [0, 0.05) is 11.3 Å². The van der Waals surface area contributed by atoms with Crippen LogP contribution < -0.4 is 4.74 Å². The van der Waals surface area contributed by atoms with Crippen LogP contribution in [-0.4, -0.2) is 28.4 Å². The number of rotatable bonds is 4. The van der Waals surface area contributed by atoms with E-state index in [0.29, 0.717) is 22.2 Å². The van der Waals surface area contributed by atoms with Gasteiger partial charge in [0.25, 0.3) is 0 Å². The molecule has 0 atom stereocenters. The molecule has 18 heavy (non-hydrogen) atoms. The summed E-state index contributed by atoms with van der Waals surface area (Å²) >= 11 is 6.11. The summed E-state index contributed by atoms with van der Waals surface area (Å²) in [6, 6.07) is 6.90. The van der Waals surface area contributed by atoms with E-state index in [9.17, 15) is 4.79 Å². The van der Waals surface area contributed by atoms with Crippen molar-refractivity contribution in [2.75, 3.05) is 7.11 Å². The third-order valence-electron chi connectivity index (χ3n) is 2.42. The summed E-state index contributed by atoms with van der Waals surface area (Å²) in [6.45, 7) is 0. The predicted molar refractivity (Wildman–Crippen MR) is 66.9 cm³/mol. The SMILES string of the molecule is COc1ccc(-c2cc(CC(=O)O)[nH]n2)c(Cl)c1. The number of aromatic amines is 1. The molecule has 0 aliphatic heterocycles. The van der Waals surface area contributed by atoms with Crippen molar-refractivity contribution in [2.45, 2.75) is 6.42 Å². The second kappa shape index (κ2) is 5.10. The maximum Gasteiger partial charge on any atom is 0.309 e. The number of hydrogen-bond donors (Lipinski definition) is 2. The molecule has 5 nitrogen and oxygen atoms in total. The predicted octanol–water partition coefficient (Wildman–Crippen LogP) is 2.37. The van der Waals surface area contributed by atoms with Crippen LogP contribution in [0.1, 0.15) is 5.69 Å². The summed E-state index contributed by atoms with van der Waals surface area (Å²) in [6.07, 6.45) is -0.0965. The fraction of sp³-hybridized carbons (Fsp3) is 0.167. The van der Waals surface area contributed by atoms with Gasteiger partial charge in [0.05, 0.1) is 24.2 Å². The maximum atomic E-state index is 10.6. The molecule has 1 aromatic carbocycles. The fourth-order valence-electron chi connectivity index (χ4n) is 1.58. The molecule has 2 aromatic rings. The van der Waals surface area contributed by atoms with Gasteiger partial charge >= 0.3 is 5.97 Å². The lowest BCUT2D eigenvalue weighted by atomic mass is 10.1. The van der Waals surface area contributed by atoms with E-state index in [2.05, 4.69) is 10.2 Å². The topological polar surface area (TPSA) is 75.2 Å². The Morgan fingerprint density at radius 3 is 2.89 bits per heavy atom. The van der Waals surface area contributed by atoms with Crippen molar-refractivity contribution in [1.82, 2.24) is 10.2 Å². The highest BCUT2D eigenvalue weighted by molar-refractivity contribution is 6.33. The van der Waals surface area contributed by atoms with Crippen LogP contribution in [0.15, 0.2) is 24.3 Å². The molecule has 0 saturated carbocycles. The first-order valence-electron chi connectivity index (χ1n) is 5.20. The third-order valence-corrected chi connectivity index (χ3v) is 2.74. The van der Waals surface area contributed by atoms with E-state index >= 15 is 0 Å². The van der Waals surface area contributed by atoms with Crippen molar-refractivity contribution in [2.24, 2.45) is 0 Å². The molecular formula is C12H11ClN2O3. The Morgan fingerprint density at radius 1 is 1.50 bits per heavy atom. The summed E-state index contributed by atoms with van der Waals surface area (Å²) in [4.78, 5) is 10.6. The molecule has 94 valence electrons. The van der Waals surface area contributed by atoms with Gasteiger partial charge in [0.1, 0.15) is 5.75 Å². The van der Waals surface area contributed by atoms with E-state index in [1.165, 1.54) is 0 Å². The standard InChI is InChI=1S/C12H11ClN2O3/c1-18-8-2-3-9(10(13)6-8)11-4-7(14-15-11)5-12(16)17/h2-4,6H,5H2,1H3,(H,14,15)(H,16,17). The van der Waals surface area contributed by atoms with Crippen LogP contribution in [0.4, 0.5) is 0 Å². The normalized spacial score (nSPS) is 10.3. The average Bonchev–Trinajstić information content (AvgIpc) is 2.76. The van der Waals surface area contributed by atoms with Gasteiger partial charge in [-0.05, 0) is 24.3 Å². The van der Waals surface area contributed by atoms with Gasteiger partial charge in [-0.25, -0.2) is 0 Å². The van der Waals surface area contributed by atoms with Gasteiger partial charge in [-0.15, -0.1) is 0 Å². The molecular weight excluding hydrogens is 256 g/mol. The van der Waals surface area contributed by atoms with Gasteiger partial charge in [-0.2, -0.15) is 5.10 Å². The van der Waals surface area contributed by atoms with Crippen molar-refractivity contribution < 1.29 is 14.6 Å². The molecule has 0 aliphatic carbocycles. The van der Waals surface area contributed by atoms with E-state index in [1.807, 2.05) is 0 Å². The van der Waals surface area contributed by atoms with Crippen LogP contribution in [0.2, 0.25) is 5.02 Å². The minimum absolute atomic E-state index is 0.0965. The number of aromatic nitrogens is 2. The number of methoxy groups -OCH3 is 1. The molecule has 0 radical (unpaired) electrons. The summed E-state index contributed by atoms with van der Waals surface area (Å²) < 4.78 is 5.05. The van der Waals surface area contributed by atoms with Crippen molar-refractivity contribution >= 4 is 17.6 Å². The monoisotopic (exact) mass is 266 g/mol. The van der Waals surface area contributed by atoms with Crippen molar-refractivity contribution in [3.05, 3.63) is 35.0 Å². The van der Waals surface area contributed by atoms with E-state index < -0.39 is 5.97 Å². The van der Waals surface area contributed by atoms with Crippen molar-refractivity contribution in [3.63, 3.8) is 0 Å². The van der Waals surface area contributed by atoms with Crippen molar-refractivity contribution in [3.8, 4) is 17.0 Å². The lowest BCUT2D eigenvalue weighted by Gasteiger charge is -2.03. The van der Waals surface area contributed by atoms with Crippen LogP contribution in [-0.2, 0) is 11.2 Å². The molecule has 6 heteroatoms. The summed E-state index contributed by atoms with van der Waals surface area (Å²) in [5.41, 5.74) is 1.87. The highest BCUT2D eigenvalue weighted by Crippen LogP contribution is 2.30. The number of carboxylic acid groups (broad SMARTS) is 1. The smallest absolute Gasteiger partial charge is 0.309 e. The van der Waals surface area contributed by atoms with Crippen LogP contribution in [0, 0.1) is 0 Å². The molecule has 2 N–H and O–H groups in total. The number of nitrogens with zero attached hydrogens (tertiary/aromatic N) is 1. The second-order valence-electron chi connectivity index (χ2n) is 3.69. The number of hydrogen-bond acceptors (Lipinski definition) is 3. The molecule has 0 spiro atoms. The van der Waals surface area contributed by atoms with Gasteiger partial charge in [0.15, 0.2) is 0 Å². The minimum Gasteiger partial charge on any atom is -0.497 e. The zero-order valence-corrected chi connectivity index (χ0v) is 10.4. The second-order valence-corrected chi connectivity index (χ2v) is 4.10. The van der Waals surface area contributed by atoms with Gasteiger partial charge in [-0.1, -0.05) is 11.6 Å². The van der Waals surface area contributed by atoms with E-state index in [1.54, 1.807) is 31.4 Å². The summed E-state index contributed by atoms with van der Waals surface area (Å²) in [5, 5.41) is 15.9. The van der Waals surface area contributed by atoms with Crippen LogP contribution in [0.3, 0.4) is 0 Å². The molecule has 0 amide bonds. The number of halogens is 1. The molecule has 0 bridgehead atoms. The van der Waals surface area contributed by atoms with Gasteiger partial charge in [-0.3, -0.25) is 9.89 Å². The van der Waals surface area contributed by atoms with Crippen LogP contribution in [0.25, 0.3) is 11.3 Å². The Hall–Kier alpha value is -2.01. The Balaban J connectivity index is 2.31. The number of carboxylic acids is 1. The largest absolute Gasteiger partial charge is 0.497 e. The quantitative estimate of drug-likeness (QED) is 0.891. The Kier molecular flexibility index (Phi) is 3.53. The molecule has 0 saturated heterocycles. The lowest BCUT2D eigenvalue weighted by molar-refractivity contribution is -0.136. The minimum atomic E-state index is -0.911. The van der Waals surface area contributed by atoms with E-state index in [-0.39, 0.29) is 6.42 Å². The first-order chi connectivity index (χ1) is 8.60. The average molecular weight is 267 g/mol. The Bertz CT molecular complexity index is 580. The van der Waals surface area contributed by atoms with E-state index in [4.69, 9.17) is 21.4 Å². The first-order valence-corrected chi connectivity index (χ1v) is 5.58. The highest BCUT2D eigenvalue weighted by Gasteiger charge is 2.10. The zero-order chi connectivity index (χ0) is 13.1. The maximum absolute atomic E-state index is 10.6. The van der Waals surface area contributed by atoms with Crippen molar-refractivity contribution in [1.29, 1.82) is 0 Å². The number of H-pyrrole nitrogens is 1. The number of aliphatic carboxylic acids is 1. The van der Waals surface area contributed by atoms with Gasteiger partial charge in [0.2, 0.25) is 0 Å². The van der Waals surface area contributed by atoms with Crippen LogP contribution >= 0.6 is 11.6 Å². The Morgan fingerprint density at radius 2 is 2.28 bits per heavy atom. The molecule has 0 unspecified atom stereocenters. The van der Waals surface area contributed by atoms with E-state index in [0.717, 1.165) is 5.56 Å². The Labute approximate surface area is 108 Å². The van der Waals surface area contributed by atoms with Gasteiger partial charge < -0.3 is 9.84 Å². The molecule has 1 aromatic heterocycles. The molecule has 0 aliphatic rings. The zero-order valence-electron chi connectivity index (χ0n) is 9.61. The number of benzene rings is 1. The molecule has 0 fully saturated rings. The number of nitrogens with one attached hydrogen (secondary N) is 1. The first kappa shape index (κ1) is 12.4. The summed E-state index contributed by atoms with van der Waals surface area (Å²) in [7, 11) is 1.56. The highest BCUT2D eigenvalue weighted by atomic mass is 35.5.